The van der Waals surface area contributed by atoms with Gasteiger partial charge >= 0.3 is 5.97 Å². The summed E-state index contributed by atoms with van der Waals surface area (Å²) in [5.41, 5.74) is 0.319. The van der Waals surface area contributed by atoms with Crippen molar-refractivity contribution in [2.45, 2.75) is 4.21 Å². The average Bonchev–Trinajstić information content (AvgIpc) is 2.67. The first kappa shape index (κ1) is 12.6. The molecule has 1 aromatic heterocycles. The van der Waals surface area contributed by atoms with E-state index in [1.165, 1.54) is 24.5 Å². The molecule has 0 amide bonds. The van der Waals surface area contributed by atoms with Crippen molar-refractivity contribution in [3.8, 4) is 11.1 Å². The number of methoxy groups -OCH3 is 1. The van der Waals surface area contributed by atoms with E-state index in [2.05, 4.69) is 0 Å². The van der Waals surface area contributed by atoms with Gasteiger partial charge in [-0.05, 0) is 18.4 Å². The molecule has 16 heavy (non-hydrogen) atoms. The van der Waals surface area contributed by atoms with Gasteiger partial charge in [-0.3, -0.25) is 0 Å². The van der Waals surface area contributed by atoms with Crippen LogP contribution in [0.4, 0.5) is 0 Å². The summed E-state index contributed by atoms with van der Waals surface area (Å²) in [6.45, 7) is 0. The van der Waals surface area contributed by atoms with E-state index < -0.39 is 5.97 Å². The number of ether oxygens (including phenoxy) is 1. The van der Waals surface area contributed by atoms with E-state index in [9.17, 15) is 4.79 Å². The van der Waals surface area contributed by atoms with E-state index in [1.807, 2.05) is 6.26 Å². The molecule has 0 spiro atoms. The van der Waals surface area contributed by atoms with E-state index in [1.54, 1.807) is 23.9 Å². The van der Waals surface area contributed by atoms with Crippen LogP contribution in [0.1, 0.15) is 5.56 Å². The quantitative estimate of drug-likeness (QED) is 0.508. The van der Waals surface area contributed by atoms with Crippen LogP contribution in [0.3, 0.4) is 0 Å². The maximum Gasteiger partial charge on any atom is 0.346 e. The van der Waals surface area contributed by atoms with Crippen molar-refractivity contribution in [2.75, 3.05) is 13.4 Å². The molecule has 1 heterocycles. The first-order chi connectivity index (χ1) is 7.62. The Morgan fingerprint density at radius 2 is 2.44 bits per heavy atom. The molecule has 0 aromatic carbocycles. The van der Waals surface area contributed by atoms with Crippen LogP contribution in [0.2, 0.25) is 0 Å². The van der Waals surface area contributed by atoms with Gasteiger partial charge in [-0.2, -0.15) is 5.26 Å². The molecule has 1 rings (SSSR count). The Balaban J connectivity index is 3.18. The maximum absolute atomic E-state index is 10.7. The highest BCUT2D eigenvalue weighted by molar-refractivity contribution is 8.00. The Bertz CT molecular complexity index is 471. The lowest BCUT2D eigenvalue weighted by atomic mass is 10.2. The molecule has 0 saturated carbocycles. The number of carbonyl (C=O) groups is 1. The molecule has 4 nitrogen and oxygen atoms in total. The number of carboxylic acids is 1. The number of carboxylic acid groups (broad SMARTS) is 1. The summed E-state index contributed by atoms with van der Waals surface area (Å²) in [7, 11) is 1.51. The normalized spacial score (nSPS) is 10.9. The zero-order valence-electron chi connectivity index (χ0n) is 8.68. The van der Waals surface area contributed by atoms with Crippen LogP contribution < -0.4 is 4.74 Å². The molecule has 0 saturated heterocycles. The predicted octanol–water partition coefficient (Wildman–Crippen LogP) is 2.47. The van der Waals surface area contributed by atoms with Crippen LogP contribution in [-0.2, 0) is 4.79 Å². The van der Waals surface area contributed by atoms with Crippen LogP contribution in [0.5, 0.6) is 5.06 Å². The van der Waals surface area contributed by atoms with E-state index >= 15 is 0 Å². The molecular formula is C10H9NO3S2. The van der Waals surface area contributed by atoms with Crippen molar-refractivity contribution in [1.29, 1.82) is 5.26 Å². The van der Waals surface area contributed by atoms with Crippen LogP contribution in [0.15, 0.2) is 15.8 Å². The van der Waals surface area contributed by atoms with Crippen molar-refractivity contribution in [2.24, 2.45) is 0 Å². The van der Waals surface area contributed by atoms with Gasteiger partial charge in [0.05, 0.1) is 11.3 Å². The van der Waals surface area contributed by atoms with Gasteiger partial charge in [-0.1, -0.05) is 11.3 Å². The van der Waals surface area contributed by atoms with Crippen LogP contribution in [0.25, 0.3) is 6.08 Å². The fourth-order valence-corrected chi connectivity index (χ4v) is 2.52. The number of hydrogen-bond acceptors (Lipinski definition) is 5. The van der Waals surface area contributed by atoms with E-state index in [-0.39, 0.29) is 5.57 Å². The topological polar surface area (TPSA) is 70.3 Å². The predicted molar refractivity (Wildman–Crippen MR) is 63.9 cm³/mol. The van der Waals surface area contributed by atoms with Crippen molar-refractivity contribution >= 4 is 35.1 Å². The molecule has 0 aliphatic carbocycles. The minimum Gasteiger partial charge on any atom is -0.487 e. The largest absolute Gasteiger partial charge is 0.487 e. The van der Waals surface area contributed by atoms with E-state index in [0.717, 1.165) is 4.21 Å². The van der Waals surface area contributed by atoms with Gasteiger partial charge in [-0.15, -0.1) is 11.8 Å². The highest BCUT2D eigenvalue weighted by atomic mass is 32.2. The van der Waals surface area contributed by atoms with Gasteiger partial charge in [0.2, 0.25) is 0 Å². The van der Waals surface area contributed by atoms with Crippen LogP contribution >= 0.6 is 23.1 Å². The SMILES string of the molecule is COc1sc(SC)cc1C=C(C#N)C(=O)O. The molecule has 0 bridgehead atoms. The van der Waals surface area contributed by atoms with Crippen LogP contribution in [0, 0.1) is 11.3 Å². The Kier molecular flexibility index (Phi) is 4.40. The maximum atomic E-state index is 10.7. The molecule has 0 radical (unpaired) electrons. The van der Waals surface area contributed by atoms with Gasteiger partial charge in [0.1, 0.15) is 11.6 Å². The molecule has 84 valence electrons. The number of aliphatic carboxylic acids is 1. The molecule has 0 unspecified atom stereocenters. The van der Waals surface area contributed by atoms with Crippen LogP contribution in [-0.4, -0.2) is 24.4 Å². The summed E-state index contributed by atoms with van der Waals surface area (Å²) in [6.07, 6.45) is 3.23. The molecule has 0 aliphatic rings. The third kappa shape index (κ3) is 2.78. The standard InChI is InChI=1S/C10H9NO3S2/c1-14-10-6(4-8(15-2)16-10)3-7(5-11)9(12)13/h3-4H,1-2H3,(H,12,13). The number of nitriles is 1. The summed E-state index contributed by atoms with van der Waals surface area (Å²) in [6, 6.07) is 3.43. The molecule has 1 aromatic rings. The van der Waals surface area contributed by atoms with Gasteiger partial charge in [0, 0.05) is 5.56 Å². The third-order valence-electron chi connectivity index (χ3n) is 1.74. The molecule has 6 heteroatoms. The first-order valence-corrected chi connectivity index (χ1v) is 6.23. The zero-order chi connectivity index (χ0) is 12.1. The summed E-state index contributed by atoms with van der Waals surface area (Å²) in [4.78, 5) is 10.7. The number of hydrogen-bond donors (Lipinski definition) is 1. The number of thioether (sulfide) groups is 1. The Morgan fingerprint density at radius 1 is 1.75 bits per heavy atom. The lowest BCUT2D eigenvalue weighted by Gasteiger charge is -1.96. The lowest BCUT2D eigenvalue weighted by Crippen LogP contribution is -1.97. The molecule has 0 aliphatic heterocycles. The second kappa shape index (κ2) is 5.58. The minimum atomic E-state index is -1.23. The first-order valence-electron chi connectivity index (χ1n) is 4.19. The highest BCUT2D eigenvalue weighted by Gasteiger charge is 2.11. The number of rotatable bonds is 4. The highest BCUT2D eigenvalue weighted by Crippen LogP contribution is 2.36. The Labute approximate surface area is 101 Å². The van der Waals surface area contributed by atoms with Gasteiger partial charge in [0.15, 0.2) is 5.06 Å². The zero-order valence-corrected chi connectivity index (χ0v) is 10.3. The second-order valence-electron chi connectivity index (χ2n) is 2.69. The second-order valence-corrected chi connectivity index (χ2v) is 4.81. The van der Waals surface area contributed by atoms with Crippen molar-refractivity contribution < 1.29 is 14.6 Å². The van der Waals surface area contributed by atoms with Gasteiger partial charge in [0.25, 0.3) is 0 Å². The summed E-state index contributed by atoms with van der Waals surface area (Å²) in [5, 5.41) is 18.0. The van der Waals surface area contributed by atoms with Crippen molar-refractivity contribution in [1.82, 2.24) is 0 Å². The lowest BCUT2D eigenvalue weighted by molar-refractivity contribution is -0.132. The Hall–Kier alpha value is -1.45. The fourth-order valence-electron chi connectivity index (χ4n) is 1.02. The summed E-state index contributed by atoms with van der Waals surface area (Å²) < 4.78 is 6.12. The van der Waals surface area contributed by atoms with E-state index in [0.29, 0.717) is 10.6 Å². The Morgan fingerprint density at radius 3 is 2.88 bits per heavy atom. The third-order valence-corrected chi connectivity index (χ3v) is 3.92. The number of nitrogens with zero attached hydrogens (tertiary/aromatic N) is 1. The average molecular weight is 255 g/mol. The summed E-state index contributed by atoms with van der Waals surface area (Å²) >= 11 is 2.96. The van der Waals surface area contributed by atoms with Crippen molar-refractivity contribution in [3.05, 3.63) is 17.2 Å². The molecule has 0 fully saturated rings. The monoisotopic (exact) mass is 255 g/mol. The molecule has 1 N–H and O–H groups in total. The molecule has 0 atom stereocenters. The van der Waals surface area contributed by atoms with Crippen molar-refractivity contribution in [3.63, 3.8) is 0 Å². The van der Waals surface area contributed by atoms with E-state index in [4.69, 9.17) is 15.1 Å². The smallest absolute Gasteiger partial charge is 0.346 e. The van der Waals surface area contributed by atoms with Gasteiger partial charge in [-0.25, -0.2) is 4.79 Å². The fraction of sp³-hybridized carbons (Fsp3) is 0.200. The number of thiophene rings is 1. The minimum absolute atomic E-state index is 0.302. The van der Waals surface area contributed by atoms with Gasteiger partial charge < -0.3 is 9.84 Å². The molecular weight excluding hydrogens is 246 g/mol. The summed E-state index contributed by atoms with van der Waals surface area (Å²) in [5.74, 6) is -1.23.